The summed E-state index contributed by atoms with van der Waals surface area (Å²) in [6.45, 7) is 0. The summed E-state index contributed by atoms with van der Waals surface area (Å²) in [5.41, 5.74) is 14.1. The molecule has 0 atom stereocenters. The Balaban J connectivity index is 1.12. The molecule has 4 heterocycles. The maximum absolute atomic E-state index is 5.44. The average Bonchev–Trinajstić information content (AvgIpc) is 3.81. The molecule has 0 fully saturated rings. The Bertz CT molecular complexity index is 3690. The van der Waals surface area contributed by atoms with Gasteiger partial charge >= 0.3 is 0 Å². The Kier molecular flexibility index (Phi) is 6.95. The average molecular weight is 768 g/mol. The number of pyridine rings is 1. The summed E-state index contributed by atoms with van der Waals surface area (Å²) in [6.07, 6.45) is 0. The number of rotatable bonds is 4. The monoisotopic (exact) mass is 767 g/mol. The van der Waals surface area contributed by atoms with E-state index in [-0.39, 0.29) is 0 Å². The zero-order chi connectivity index (χ0) is 38.6. The van der Waals surface area contributed by atoms with Gasteiger partial charge < -0.3 is 4.57 Å². The van der Waals surface area contributed by atoms with Crippen molar-refractivity contribution in [1.29, 1.82) is 0 Å². The van der Waals surface area contributed by atoms with Crippen molar-refractivity contribution < 1.29 is 0 Å². The van der Waals surface area contributed by atoms with E-state index < -0.39 is 0 Å². The van der Waals surface area contributed by atoms with Crippen LogP contribution in [-0.2, 0) is 0 Å². The number of fused-ring (bicyclic) bond motifs is 10. The second kappa shape index (κ2) is 12.5. The minimum absolute atomic E-state index is 0.909. The number of para-hydroxylation sites is 3. The van der Waals surface area contributed by atoms with E-state index in [4.69, 9.17) is 4.98 Å². The molecule has 4 heteroatoms. The predicted octanol–water partition coefficient (Wildman–Crippen LogP) is 15.0. The minimum atomic E-state index is 0.909. The van der Waals surface area contributed by atoms with Crippen molar-refractivity contribution in [3.05, 3.63) is 200 Å². The minimum Gasteiger partial charge on any atom is -0.309 e. The molecule has 0 bridgehead atoms. The van der Waals surface area contributed by atoms with Crippen molar-refractivity contribution in [3.8, 4) is 44.9 Å². The van der Waals surface area contributed by atoms with Gasteiger partial charge in [0, 0.05) is 47.8 Å². The van der Waals surface area contributed by atoms with Gasteiger partial charge in [-0.05, 0) is 112 Å². The number of hydrogen-bond donors (Lipinski definition) is 0. The third-order valence-corrected chi connectivity index (χ3v) is 13.4. The second-order valence-electron chi connectivity index (χ2n) is 15.5. The molecule has 0 N–H and O–H groups in total. The Labute approximate surface area is 344 Å². The Hall–Kier alpha value is -7.40. The third-order valence-electron chi connectivity index (χ3n) is 12.3. The topological polar surface area (TPSA) is 22.8 Å². The van der Waals surface area contributed by atoms with Gasteiger partial charge in [0.25, 0.3) is 0 Å². The molecule has 9 aromatic carbocycles. The SMILES string of the molecule is c1ccc(-c2cc(-n3c4ccc(-c5ccc6c(c5)c5ccccc5n6-c5ccccc5)cc4c4c5cccc6c5c(cc43)-c3ccccc3S6)nc3ccccc23)cc1. The van der Waals surface area contributed by atoms with Gasteiger partial charge in [-0.3, -0.25) is 4.57 Å². The lowest BCUT2D eigenvalue weighted by Crippen LogP contribution is -2.00. The first-order valence-corrected chi connectivity index (χ1v) is 20.9. The summed E-state index contributed by atoms with van der Waals surface area (Å²) in [5, 5.41) is 8.69. The number of aromatic nitrogens is 3. The lowest BCUT2D eigenvalue weighted by atomic mass is 9.93. The number of nitrogens with zero attached hydrogens (tertiary/aromatic N) is 3. The van der Waals surface area contributed by atoms with Crippen LogP contribution in [0.1, 0.15) is 0 Å². The van der Waals surface area contributed by atoms with E-state index in [0.29, 0.717) is 0 Å². The Morgan fingerprint density at radius 1 is 0.339 bits per heavy atom. The molecule has 0 unspecified atom stereocenters. The van der Waals surface area contributed by atoms with Crippen LogP contribution in [0.4, 0.5) is 0 Å². The van der Waals surface area contributed by atoms with E-state index in [0.717, 1.165) is 33.4 Å². The standard InChI is InChI=1S/C55H33N3S/c1-3-14-34(15-4-1)42-33-53(56-46-22-10-7-18-38(42)46)58-49-29-27-36(35-26-28-48-43(30-35)39-19-8-11-23-47(39)57(48)37-16-5-2-6-17-37)31-45(49)54-41-21-13-25-52-55(41)44(32-50(54)58)40-20-9-12-24-51(40)59-52/h1-33H. The van der Waals surface area contributed by atoms with Crippen LogP contribution in [0.5, 0.6) is 0 Å². The molecule has 274 valence electrons. The zero-order valence-electron chi connectivity index (χ0n) is 31.8. The first-order valence-electron chi connectivity index (χ1n) is 20.1. The van der Waals surface area contributed by atoms with E-state index in [1.807, 2.05) is 11.8 Å². The van der Waals surface area contributed by atoms with Crippen LogP contribution < -0.4 is 0 Å². The first-order chi connectivity index (χ1) is 29.3. The van der Waals surface area contributed by atoms with Crippen LogP contribution in [0, 0.1) is 0 Å². The highest BCUT2D eigenvalue weighted by atomic mass is 32.2. The zero-order valence-corrected chi connectivity index (χ0v) is 32.6. The van der Waals surface area contributed by atoms with Crippen molar-refractivity contribution in [2.75, 3.05) is 0 Å². The number of hydrogen-bond acceptors (Lipinski definition) is 2. The van der Waals surface area contributed by atoms with Gasteiger partial charge in [-0.2, -0.15) is 0 Å². The molecule has 12 aromatic rings. The highest BCUT2D eigenvalue weighted by Gasteiger charge is 2.25. The predicted molar refractivity (Wildman–Crippen MR) is 248 cm³/mol. The fourth-order valence-electron chi connectivity index (χ4n) is 9.72. The van der Waals surface area contributed by atoms with Gasteiger partial charge in [-0.15, -0.1) is 0 Å². The molecule has 0 saturated heterocycles. The van der Waals surface area contributed by atoms with E-state index in [2.05, 4.69) is 209 Å². The van der Waals surface area contributed by atoms with Gasteiger partial charge in [0.1, 0.15) is 5.82 Å². The van der Waals surface area contributed by atoms with Crippen molar-refractivity contribution in [3.63, 3.8) is 0 Å². The quantitative estimate of drug-likeness (QED) is 0.178. The van der Waals surface area contributed by atoms with Gasteiger partial charge in [-0.25, -0.2) is 4.98 Å². The van der Waals surface area contributed by atoms with Gasteiger partial charge in [0.15, 0.2) is 0 Å². The van der Waals surface area contributed by atoms with Crippen LogP contribution in [0.3, 0.4) is 0 Å². The smallest absolute Gasteiger partial charge is 0.138 e. The maximum Gasteiger partial charge on any atom is 0.138 e. The van der Waals surface area contributed by atoms with Gasteiger partial charge in [-0.1, -0.05) is 139 Å². The normalized spacial score (nSPS) is 12.3. The molecule has 0 saturated carbocycles. The highest BCUT2D eigenvalue weighted by molar-refractivity contribution is 7.99. The summed E-state index contributed by atoms with van der Waals surface area (Å²) < 4.78 is 4.80. The molecule has 0 aliphatic carbocycles. The van der Waals surface area contributed by atoms with Crippen LogP contribution in [0.2, 0.25) is 0 Å². The van der Waals surface area contributed by atoms with E-state index in [1.165, 1.54) is 86.5 Å². The maximum atomic E-state index is 5.44. The fraction of sp³-hybridized carbons (Fsp3) is 0. The molecule has 1 aliphatic rings. The first kappa shape index (κ1) is 32.7. The summed E-state index contributed by atoms with van der Waals surface area (Å²) >= 11 is 1.87. The summed E-state index contributed by atoms with van der Waals surface area (Å²) in [7, 11) is 0. The fourth-order valence-corrected chi connectivity index (χ4v) is 10.9. The van der Waals surface area contributed by atoms with Crippen LogP contribution in [0.15, 0.2) is 210 Å². The molecule has 3 aromatic heterocycles. The van der Waals surface area contributed by atoms with E-state index >= 15 is 0 Å². The van der Waals surface area contributed by atoms with E-state index in [1.54, 1.807) is 0 Å². The lowest BCUT2D eigenvalue weighted by molar-refractivity contribution is 1.10. The molecular formula is C55H33N3S. The van der Waals surface area contributed by atoms with Crippen LogP contribution in [0.25, 0.3) is 110 Å². The molecule has 0 radical (unpaired) electrons. The second-order valence-corrected chi connectivity index (χ2v) is 16.6. The molecule has 3 nitrogen and oxygen atoms in total. The van der Waals surface area contributed by atoms with Crippen LogP contribution >= 0.6 is 11.8 Å². The van der Waals surface area contributed by atoms with Gasteiger partial charge in [0.2, 0.25) is 0 Å². The van der Waals surface area contributed by atoms with Crippen molar-refractivity contribution in [1.82, 2.24) is 14.1 Å². The largest absolute Gasteiger partial charge is 0.309 e. The third kappa shape index (κ3) is 4.81. The molecule has 0 spiro atoms. The summed E-state index contributed by atoms with van der Waals surface area (Å²) in [6, 6.07) is 73.1. The molecule has 0 amide bonds. The van der Waals surface area contributed by atoms with Crippen molar-refractivity contribution in [2.45, 2.75) is 9.79 Å². The molecule has 59 heavy (non-hydrogen) atoms. The number of benzene rings is 9. The summed E-state index contributed by atoms with van der Waals surface area (Å²) in [5.74, 6) is 0.909. The van der Waals surface area contributed by atoms with Crippen LogP contribution in [-0.4, -0.2) is 14.1 Å². The lowest BCUT2D eigenvalue weighted by Gasteiger charge is -2.21. The summed E-state index contributed by atoms with van der Waals surface area (Å²) in [4.78, 5) is 8.03. The highest BCUT2D eigenvalue weighted by Crippen LogP contribution is 2.51. The van der Waals surface area contributed by atoms with Crippen molar-refractivity contribution >= 4 is 77.0 Å². The molecule has 13 rings (SSSR count). The van der Waals surface area contributed by atoms with Gasteiger partial charge in [0.05, 0.1) is 27.6 Å². The molecule has 1 aliphatic heterocycles. The van der Waals surface area contributed by atoms with E-state index in [9.17, 15) is 0 Å². The Morgan fingerprint density at radius 3 is 1.83 bits per heavy atom. The Morgan fingerprint density at radius 2 is 0.983 bits per heavy atom. The van der Waals surface area contributed by atoms with Crippen molar-refractivity contribution in [2.24, 2.45) is 0 Å². The molecular weight excluding hydrogens is 735 g/mol.